The fourth-order valence-electron chi connectivity index (χ4n) is 1.41. The quantitative estimate of drug-likeness (QED) is 0.886. The first-order valence-corrected chi connectivity index (χ1v) is 6.14. The van der Waals surface area contributed by atoms with Gasteiger partial charge in [0.05, 0.1) is 6.04 Å². The van der Waals surface area contributed by atoms with Crippen molar-refractivity contribution in [2.24, 2.45) is 5.73 Å². The molecule has 3 nitrogen and oxygen atoms in total. The Hall–Kier alpha value is -1.61. The molecule has 1 aromatic heterocycles. The molecule has 0 fully saturated rings. The number of hydrogen-bond donors (Lipinski definition) is 1. The van der Waals surface area contributed by atoms with Crippen molar-refractivity contribution in [1.29, 1.82) is 0 Å². The average Bonchev–Trinajstić information content (AvgIpc) is 2.87. The van der Waals surface area contributed by atoms with E-state index in [9.17, 15) is 22.0 Å². The van der Waals surface area contributed by atoms with Gasteiger partial charge in [-0.2, -0.15) is 22.0 Å². The highest BCUT2D eigenvalue weighted by molar-refractivity contribution is 7.11. The van der Waals surface area contributed by atoms with Gasteiger partial charge in [0, 0.05) is 0 Å². The van der Waals surface area contributed by atoms with E-state index in [2.05, 4.69) is 10.2 Å². The van der Waals surface area contributed by atoms with Gasteiger partial charge in [0.25, 0.3) is 0 Å². The molecule has 0 spiro atoms. The first-order valence-electron chi connectivity index (χ1n) is 5.32. The van der Waals surface area contributed by atoms with E-state index in [0.717, 1.165) is 0 Å². The highest BCUT2D eigenvalue weighted by Crippen LogP contribution is 2.45. The second kappa shape index (κ2) is 5.06. The maximum absolute atomic E-state index is 13.1. The molecule has 20 heavy (non-hydrogen) atoms. The summed E-state index contributed by atoms with van der Waals surface area (Å²) < 4.78 is 62.8. The summed E-state index contributed by atoms with van der Waals surface area (Å²) in [6, 6.07) is 7.40. The molecule has 0 saturated carbocycles. The summed E-state index contributed by atoms with van der Waals surface area (Å²) in [4.78, 5) is 0. The minimum Gasteiger partial charge on any atom is -0.318 e. The van der Waals surface area contributed by atoms with E-state index in [4.69, 9.17) is 5.73 Å². The van der Waals surface area contributed by atoms with Crippen LogP contribution in [-0.4, -0.2) is 16.4 Å². The number of halogens is 5. The van der Waals surface area contributed by atoms with Crippen LogP contribution in [0.2, 0.25) is 0 Å². The highest BCUT2D eigenvalue weighted by Gasteiger charge is 2.61. The van der Waals surface area contributed by atoms with Crippen molar-refractivity contribution >= 4 is 11.3 Å². The lowest BCUT2D eigenvalue weighted by atomic mass is 10.1. The van der Waals surface area contributed by atoms with Crippen LogP contribution in [0.4, 0.5) is 22.0 Å². The minimum atomic E-state index is -5.71. The fourth-order valence-corrected chi connectivity index (χ4v) is 2.28. The Morgan fingerprint density at radius 3 is 2.15 bits per heavy atom. The standard InChI is InChI=1S/C11H8F5N3S/c12-10(13,11(14,15)16)9-19-18-8(20-9)7(17)6-4-2-1-3-5-6/h1-5,7H,17H2. The van der Waals surface area contributed by atoms with Gasteiger partial charge in [0.15, 0.2) is 5.01 Å². The zero-order valence-electron chi connectivity index (χ0n) is 9.73. The molecular weight excluding hydrogens is 301 g/mol. The van der Waals surface area contributed by atoms with Crippen molar-refractivity contribution in [3.8, 4) is 0 Å². The number of hydrogen-bond acceptors (Lipinski definition) is 4. The largest absolute Gasteiger partial charge is 0.460 e. The van der Waals surface area contributed by atoms with Gasteiger partial charge in [-0.15, -0.1) is 10.2 Å². The average molecular weight is 309 g/mol. The van der Waals surface area contributed by atoms with Crippen LogP contribution < -0.4 is 5.73 Å². The van der Waals surface area contributed by atoms with Gasteiger partial charge in [-0.1, -0.05) is 41.7 Å². The highest BCUT2D eigenvalue weighted by atomic mass is 32.1. The predicted octanol–water partition coefficient (Wildman–Crippen LogP) is 3.24. The molecule has 1 heterocycles. The summed E-state index contributed by atoms with van der Waals surface area (Å²) in [7, 11) is 0. The Labute approximate surface area is 114 Å². The zero-order chi connectivity index (χ0) is 15.0. The molecule has 2 aromatic rings. The first-order chi connectivity index (χ1) is 9.23. The monoisotopic (exact) mass is 309 g/mol. The van der Waals surface area contributed by atoms with E-state index < -0.39 is 23.1 Å². The van der Waals surface area contributed by atoms with Gasteiger partial charge >= 0.3 is 12.1 Å². The summed E-state index contributed by atoms with van der Waals surface area (Å²) in [6.07, 6.45) is -5.71. The molecule has 0 saturated heterocycles. The molecule has 0 aliphatic heterocycles. The second-order valence-corrected chi connectivity index (χ2v) is 4.92. The SMILES string of the molecule is NC(c1ccccc1)c1nnc(C(F)(F)C(F)(F)F)s1. The summed E-state index contributed by atoms with van der Waals surface area (Å²) >= 11 is 0.152. The van der Waals surface area contributed by atoms with Crippen LogP contribution in [0, 0.1) is 0 Å². The topological polar surface area (TPSA) is 51.8 Å². The van der Waals surface area contributed by atoms with E-state index in [1.54, 1.807) is 30.3 Å². The van der Waals surface area contributed by atoms with Crippen LogP contribution in [0.1, 0.15) is 21.6 Å². The van der Waals surface area contributed by atoms with Crippen LogP contribution in [-0.2, 0) is 5.92 Å². The molecule has 2 N–H and O–H groups in total. The van der Waals surface area contributed by atoms with E-state index in [1.165, 1.54) is 0 Å². The van der Waals surface area contributed by atoms with Crippen LogP contribution in [0.25, 0.3) is 0 Å². The Morgan fingerprint density at radius 2 is 1.60 bits per heavy atom. The molecule has 1 unspecified atom stereocenters. The van der Waals surface area contributed by atoms with Crippen LogP contribution in [0.15, 0.2) is 30.3 Å². The van der Waals surface area contributed by atoms with Crippen LogP contribution in [0.5, 0.6) is 0 Å². The molecule has 108 valence electrons. The molecule has 0 aliphatic rings. The Kier molecular flexibility index (Phi) is 3.74. The number of alkyl halides is 5. The van der Waals surface area contributed by atoms with Crippen LogP contribution >= 0.6 is 11.3 Å². The molecule has 1 atom stereocenters. The smallest absolute Gasteiger partial charge is 0.318 e. The van der Waals surface area contributed by atoms with Crippen molar-refractivity contribution < 1.29 is 22.0 Å². The maximum Gasteiger partial charge on any atom is 0.460 e. The van der Waals surface area contributed by atoms with Crippen molar-refractivity contribution in [3.63, 3.8) is 0 Å². The molecule has 1 aromatic carbocycles. The summed E-state index contributed by atoms with van der Waals surface area (Å²) in [5.74, 6) is -5.03. The number of nitrogens with zero attached hydrogens (tertiary/aromatic N) is 2. The Morgan fingerprint density at radius 1 is 1.00 bits per heavy atom. The second-order valence-electron chi connectivity index (χ2n) is 3.91. The number of nitrogens with two attached hydrogens (primary N) is 1. The van der Waals surface area contributed by atoms with E-state index in [1.807, 2.05) is 0 Å². The molecule has 0 amide bonds. The van der Waals surface area contributed by atoms with Crippen molar-refractivity contribution in [2.45, 2.75) is 18.1 Å². The van der Waals surface area contributed by atoms with Gasteiger partial charge in [-0.05, 0) is 5.56 Å². The van der Waals surface area contributed by atoms with Crippen molar-refractivity contribution in [2.75, 3.05) is 0 Å². The summed E-state index contributed by atoms with van der Waals surface area (Å²) in [5.41, 5.74) is 6.31. The van der Waals surface area contributed by atoms with E-state index >= 15 is 0 Å². The number of benzene rings is 1. The van der Waals surface area contributed by atoms with Gasteiger partial charge in [-0.3, -0.25) is 0 Å². The number of aromatic nitrogens is 2. The maximum atomic E-state index is 13.1. The lowest BCUT2D eigenvalue weighted by Crippen LogP contribution is -2.33. The van der Waals surface area contributed by atoms with Gasteiger partial charge in [0.1, 0.15) is 5.01 Å². The number of rotatable bonds is 3. The molecule has 0 radical (unpaired) electrons. The Balaban J connectivity index is 2.30. The normalized spacial score (nSPS) is 14.3. The third-order valence-corrected chi connectivity index (χ3v) is 3.57. The lowest BCUT2D eigenvalue weighted by Gasteiger charge is -2.15. The van der Waals surface area contributed by atoms with Crippen LogP contribution in [0.3, 0.4) is 0 Å². The lowest BCUT2D eigenvalue weighted by molar-refractivity contribution is -0.289. The first kappa shape index (κ1) is 14.8. The van der Waals surface area contributed by atoms with Gasteiger partial charge in [-0.25, -0.2) is 0 Å². The van der Waals surface area contributed by atoms with Gasteiger partial charge < -0.3 is 5.73 Å². The van der Waals surface area contributed by atoms with Gasteiger partial charge in [0.2, 0.25) is 0 Å². The predicted molar refractivity (Wildman–Crippen MR) is 62.3 cm³/mol. The van der Waals surface area contributed by atoms with Crippen molar-refractivity contribution in [3.05, 3.63) is 45.9 Å². The molecule has 9 heteroatoms. The van der Waals surface area contributed by atoms with E-state index in [-0.39, 0.29) is 16.3 Å². The fraction of sp³-hybridized carbons (Fsp3) is 0.273. The minimum absolute atomic E-state index is 0.102. The van der Waals surface area contributed by atoms with E-state index in [0.29, 0.717) is 5.56 Å². The third-order valence-electron chi connectivity index (χ3n) is 2.49. The molecule has 0 aliphatic carbocycles. The molecule has 2 rings (SSSR count). The Bertz CT molecular complexity index is 581. The summed E-state index contributed by atoms with van der Waals surface area (Å²) in [6.45, 7) is 0. The zero-order valence-corrected chi connectivity index (χ0v) is 10.6. The molecule has 0 bridgehead atoms. The summed E-state index contributed by atoms with van der Waals surface area (Å²) in [5, 5.41) is 4.74. The third kappa shape index (κ3) is 2.63. The molecular formula is C11H8F5N3S. The van der Waals surface area contributed by atoms with Crippen molar-refractivity contribution in [1.82, 2.24) is 10.2 Å².